The van der Waals surface area contributed by atoms with E-state index in [9.17, 15) is 14.5 Å². The van der Waals surface area contributed by atoms with Gasteiger partial charge in [-0.2, -0.15) is 0 Å². The molecule has 0 saturated carbocycles. The molecule has 0 bridgehead atoms. The van der Waals surface area contributed by atoms with Crippen LogP contribution in [-0.2, 0) is 31.0 Å². The molecule has 0 aliphatic heterocycles. The van der Waals surface area contributed by atoms with Crippen molar-refractivity contribution in [2.45, 2.75) is 33.4 Å². The molecule has 1 aromatic rings. The third kappa shape index (κ3) is 3.99. The normalized spacial score (nSPS) is 13.5. The number of aryl methyl sites for hydroxylation is 1. The summed E-state index contributed by atoms with van der Waals surface area (Å²) in [4.78, 5) is 10.5. The van der Waals surface area contributed by atoms with E-state index in [0.717, 1.165) is 5.56 Å². The number of hydrogen-bond acceptors (Lipinski definition) is 6. The van der Waals surface area contributed by atoms with Crippen molar-refractivity contribution in [2.75, 3.05) is 13.7 Å². The van der Waals surface area contributed by atoms with Crippen LogP contribution in [0, 0.1) is 6.92 Å². The van der Waals surface area contributed by atoms with E-state index in [1.807, 2.05) is 6.92 Å². The minimum atomic E-state index is -3.55. The van der Waals surface area contributed by atoms with Crippen LogP contribution in [0.5, 0.6) is 11.5 Å². The van der Waals surface area contributed by atoms with E-state index in [2.05, 4.69) is 4.52 Å². The van der Waals surface area contributed by atoms with Crippen LogP contribution >= 0.6 is 7.60 Å². The Morgan fingerprint density at radius 1 is 1.38 bits per heavy atom. The fourth-order valence-electron chi connectivity index (χ4n) is 2.22. The van der Waals surface area contributed by atoms with Gasteiger partial charge in [0.1, 0.15) is 0 Å². The van der Waals surface area contributed by atoms with Crippen LogP contribution < -0.4 is 4.74 Å². The van der Waals surface area contributed by atoms with Crippen molar-refractivity contribution in [1.82, 2.24) is 0 Å². The van der Waals surface area contributed by atoms with Gasteiger partial charge < -0.3 is 14.4 Å². The van der Waals surface area contributed by atoms with Crippen LogP contribution in [0.1, 0.15) is 30.5 Å². The molecule has 1 N–H and O–H groups in total. The number of hydrogen-bond donors (Lipinski definition) is 1. The number of carbonyl (C=O) groups excluding carboxylic acids is 1. The quantitative estimate of drug-likeness (QED) is 0.586. The van der Waals surface area contributed by atoms with Gasteiger partial charge in [0.25, 0.3) is 6.47 Å². The Morgan fingerprint density at radius 3 is 2.52 bits per heavy atom. The minimum Gasteiger partial charge on any atom is -0.504 e. The molecule has 6 nitrogen and oxygen atoms in total. The number of carbonyl (C=O) groups is 1. The SMILES string of the molecule is CCOP(=O)(Cc1cc(C)c(O)c(OC)c1CC)OC=O. The maximum absolute atomic E-state index is 12.5. The van der Waals surface area contributed by atoms with Gasteiger partial charge in [-0.05, 0) is 31.4 Å². The summed E-state index contributed by atoms with van der Waals surface area (Å²) in [6.45, 7) is 5.58. The highest BCUT2D eigenvalue weighted by Gasteiger charge is 2.28. The van der Waals surface area contributed by atoms with Gasteiger partial charge in [0.05, 0.1) is 19.9 Å². The molecule has 0 heterocycles. The summed E-state index contributed by atoms with van der Waals surface area (Å²) in [5.41, 5.74) is 1.98. The molecule has 118 valence electrons. The Hall–Kier alpha value is -1.52. The first-order valence-electron chi connectivity index (χ1n) is 6.66. The average molecular weight is 316 g/mol. The molecule has 0 saturated heterocycles. The molecule has 0 aliphatic rings. The van der Waals surface area contributed by atoms with Gasteiger partial charge in [0.2, 0.25) is 0 Å². The predicted molar refractivity (Wildman–Crippen MR) is 78.9 cm³/mol. The number of phenols is 1. The summed E-state index contributed by atoms with van der Waals surface area (Å²) < 4.78 is 27.5. The summed E-state index contributed by atoms with van der Waals surface area (Å²) in [7, 11) is -2.09. The first-order chi connectivity index (χ1) is 9.92. The summed E-state index contributed by atoms with van der Waals surface area (Å²) in [5.74, 6) is 0.405. The van der Waals surface area contributed by atoms with Crippen LogP contribution in [-0.4, -0.2) is 25.3 Å². The van der Waals surface area contributed by atoms with Gasteiger partial charge in [-0.25, -0.2) is 4.57 Å². The van der Waals surface area contributed by atoms with Crippen molar-refractivity contribution in [1.29, 1.82) is 0 Å². The maximum atomic E-state index is 12.5. The van der Waals surface area contributed by atoms with E-state index in [-0.39, 0.29) is 25.0 Å². The smallest absolute Gasteiger partial charge is 0.385 e. The molecule has 21 heavy (non-hydrogen) atoms. The van der Waals surface area contributed by atoms with Crippen molar-refractivity contribution in [2.24, 2.45) is 0 Å². The van der Waals surface area contributed by atoms with Crippen LogP contribution in [0.4, 0.5) is 0 Å². The Morgan fingerprint density at radius 2 is 2.05 bits per heavy atom. The van der Waals surface area contributed by atoms with Gasteiger partial charge >= 0.3 is 7.60 Å². The summed E-state index contributed by atoms with van der Waals surface area (Å²) in [6.07, 6.45) is 0.514. The van der Waals surface area contributed by atoms with Crippen molar-refractivity contribution in [3.8, 4) is 11.5 Å². The Kier molecular flexibility index (Phi) is 6.24. The first-order valence-corrected chi connectivity index (χ1v) is 8.39. The zero-order chi connectivity index (χ0) is 16.0. The van der Waals surface area contributed by atoms with Gasteiger partial charge in [0, 0.05) is 5.56 Å². The Labute approximate surface area is 124 Å². The monoisotopic (exact) mass is 316 g/mol. The number of rotatable bonds is 8. The lowest BCUT2D eigenvalue weighted by Crippen LogP contribution is -2.03. The molecular formula is C14H21O6P. The molecule has 0 radical (unpaired) electrons. The third-order valence-corrected chi connectivity index (χ3v) is 4.88. The molecule has 1 rings (SSSR count). The molecule has 0 amide bonds. The standard InChI is InChI=1S/C14H21O6P/c1-5-12-11(7-10(3)13(16)14(12)18-4)8-21(17,19-6-2)20-9-15/h7,9,16H,5-6,8H2,1-4H3. The zero-order valence-electron chi connectivity index (χ0n) is 12.7. The van der Waals surface area contributed by atoms with E-state index in [0.29, 0.717) is 23.3 Å². The average Bonchev–Trinajstić information content (AvgIpc) is 2.42. The molecule has 0 aromatic heterocycles. The van der Waals surface area contributed by atoms with Crippen molar-refractivity contribution < 1.29 is 28.3 Å². The summed E-state index contributed by atoms with van der Waals surface area (Å²) in [5, 5.41) is 10.0. The van der Waals surface area contributed by atoms with Crippen molar-refractivity contribution >= 4 is 14.1 Å². The lowest BCUT2D eigenvalue weighted by atomic mass is 10.0. The van der Waals surface area contributed by atoms with E-state index >= 15 is 0 Å². The van der Waals surface area contributed by atoms with Crippen LogP contribution in [0.25, 0.3) is 0 Å². The molecule has 1 atom stereocenters. The lowest BCUT2D eigenvalue weighted by Gasteiger charge is -2.19. The highest BCUT2D eigenvalue weighted by Crippen LogP contribution is 2.52. The van der Waals surface area contributed by atoms with Crippen LogP contribution in [0.15, 0.2) is 6.07 Å². The maximum Gasteiger partial charge on any atom is 0.385 e. The molecule has 7 heteroatoms. The molecular weight excluding hydrogens is 295 g/mol. The molecule has 0 spiro atoms. The lowest BCUT2D eigenvalue weighted by molar-refractivity contribution is -0.121. The Balaban J connectivity index is 3.32. The first kappa shape index (κ1) is 17.5. The largest absolute Gasteiger partial charge is 0.504 e. The highest BCUT2D eigenvalue weighted by molar-refractivity contribution is 7.53. The molecule has 0 aliphatic carbocycles. The number of methoxy groups -OCH3 is 1. The zero-order valence-corrected chi connectivity index (χ0v) is 13.6. The van der Waals surface area contributed by atoms with E-state index < -0.39 is 7.60 Å². The second kappa shape index (κ2) is 7.48. The fourth-order valence-corrected chi connectivity index (χ4v) is 3.67. The van der Waals surface area contributed by atoms with Gasteiger partial charge in [-0.1, -0.05) is 13.0 Å². The number of ether oxygens (including phenoxy) is 1. The number of aromatic hydroxyl groups is 1. The van der Waals surface area contributed by atoms with Crippen LogP contribution in [0.2, 0.25) is 0 Å². The predicted octanol–water partition coefficient (Wildman–Crippen LogP) is 3.17. The molecule has 1 aromatic carbocycles. The van der Waals surface area contributed by atoms with E-state index in [4.69, 9.17) is 9.26 Å². The number of phenolic OH excluding ortho intramolecular Hbond substituents is 1. The van der Waals surface area contributed by atoms with E-state index in [1.54, 1.807) is 19.9 Å². The van der Waals surface area contributed by atoms with Crippen molar-refractivity contribution in [3.05, 3.63) is 22.8 Å². The summed E-state index contributed by atoms with van der Waals surface area (Å²) in [6, 6.07) is 1.70. The van der Waals surface area contributed by atoms with Gasteiger partial charge in [-0.15, -0.1) is 0 Å². The van der Waals surface area contributed by atoms with Crippen molar-refractivity contribution in [3.63, 3.8) is 0 Å². The second-order valence-corrected chi connectivity index (χ2v) is 6.46. The van der Waals surface area contributed by atoms with E-state index in [1.165, 1.54) is 7.11 Å². The summed E-state index contributed by atoms with van der Waals surface area (Å²) >= 11 is 0. The number of benzene rings is 1. The molecule has 1 unspecified atom stereocenters. The van der Waals surface area contributed by atoms with Gasteiger partial charge in [-0.3, -0.25) is 9.32 Å². The second-order valence-electron chi connectivity index (χ2n) is 4.45. The highest BCUT2D eigenvalue weighted by atomic mass is 31.2. The third-order valence-electron chi connectivity index (χ3n) is 3.09. The van der Waals surface area contributed by atoms with Gasteiger partial charge in [0.15, 0.2) is 11.5 Å². The topological polar surface area (TPSA) is 82.1 Å². The minimum absolute atomic E-state index is 0.0553. The Bertz CT molecular complexity index is 555. The fraction of sp³-hybridized carbons (Fsp3) is 0.500. The van der Waals surface area contributed by atoms with Crippen LogP contribution in [0.3, 0.4) is 0 Å². The molecule has 0 fully saturated rings.